The molecule has 2 unspecified atom stereocenters. The highest BCUT2D eigenvalue weighted by Crippen LogP contribution is 2.41. The topological polar surface area (TPSA) is 78.0 Å². The molecule has 0 aromatic rings. The fraction of sp³-hybridized carbons (Fsp3) is 0.800. The average Bonchev–Trinajstić information content (AvgIpc) is 3.20. The molecule has 166 valence electrons. The Hall–Kier alpha value is -1.12. The predicted octanol–water partition coefficient (Wildman–Crippen LogP) is 1.88. The van der Waals surface area contributed by atoms with Crippen molar-refractivity contribution in [1.82, 2.24) is 14.1 Å². The Morgan fingerprint density at radius 3 is 2.28 bits per heavy atom. The Bertz CT molecular complexity index is 760. The van der Waals surface area contributed by atoms with Crippen LogP contribution in [0.25, 0.3) is 0 Å². The standard InChI is InChI=1S/C20H33N3O4S.ClH/c1-13(2)18-19-16(23(20(18)25)28(5,26)27)10-12-22(19)17(24)7-6-11-21-14(3)8-9-15(21)4;/h6-7,13-16,18-19H,8-12H2,1-5H3;1H/b7-6+;/t14?,15?,16-,18+,19-;/m0./s1. The quantitative estimate of drug-likeness (QED) is 0.601. The molecule has 0 saturated carbocycles. The monoisotopic (exact) mass is 447 g/mol. The molecule has 0 radical (unpaired) electrons. The Morgan fingerprint density at radius 2 is 1.76 bits per heavy atom. The Labute approximate surface area is 180 Å². The predicted molar refractivity (Wildman–Crippen MR) is 115 cm³/mol. The number of hydrogen-bond acceptors (Lipinski definition) is 5. The van der Waals surface area contributed by atoms with Crippen molar-refractivity contribution in [2.24, 2.45) is 11.8 Å². The van der Waals surface area contributed by atoms with Gasteiger partial charge in [-0.1, -0.05) is 19.9 Å². The minimum absolute atomic E-state index is 0. The lowest BCUT2D eigenvalue weighted by Crippen LogP contribution is -2.43. The van der Waals surface area contributed by atoms with Crippen LogP contribution in [0.3, 0.4) is 0 Å². The summed E-state index contributed by atoms with van der Waals surface area (Å²) in [6.45, 7) is 9.47. The first-order chi connectivity index (χ1) is 13.0. The zero-order valence-electron chi connectivity index (χ0n) is 17.9. The summed E-state index contributed by atoms with van der Waals surface area (Å²) in [6, 6.07) is 0.230. The maximum atomic E-state index is 12.9. The molecule has 2 amide bonds. The summed E-state index contributed by atoms with van der Waals surface area (Å²) >= 11 is 0. The second-order valence-electron chi connectivity index (χ2n) is 8.92. The van der Waals surface area contributed by atoms with Crippen LogP contribution in [0.1, 0.15) is 47.0 Å². The van der Waals surface area contributed by atoms with Crippen molar-refractivity contribution in [1.29, 1.82) is 0 Å². The highest BCUT2D eigenvalue weighted by molar-refractivity contribution is 7.88. The van der Waals surface area contributed by atoms with Gasteiger partial charge < -0.3 is 4.90 Å². The van der Waals surface area contributed by atoms with Crippen LogP contribution < -0.4 is 0 Å². The molecule has 7 nitrogen and oxygen atoms in total. The maximum Gasteiger partial charge on any atom is 0.246 e. The highest BCUT2D eigenvalue weighted by Gasteiger charge is 2.58. The van der Waals surface area contributed by atoms with Gasteiger partial charge >= 0.3 is 0 Å². The number of nitrogens with zero attached hydrogens (tertiary/aromatic N) is 3. The molecule has 0 aromatic carbocycles. The number of hydrogen-bond donors (Lipinski definition) is 0. The molecule has 0 N–H and O–H groups in total. The van der Waals surface area contributed by atoms with Gasteiger partial charge in [-0.25, -0.2) is 12.7 Å². The minimum atomic E-state index is -3.64. The van der Waals surface area contributed by atoms with E-state index in [0.717, 1.165) is 17.1 Å². The van der Waals surface area contributed by atoms with Gasteiger partial charge in [0.15, 0.2) is 0 Å². The lowest BCUT2D eigenvalue weighted by Gasteiger charge is -2.28. The molecule has 3 rings (SSSR count). The second kappa shape index (κ2) is 8.94. The molecular formula is C20H34ClN3O4S. The van der Waals surface area contributed by atoms with E-state index < -0.39 is 22.0 Å². The normalized spacial score (nSPS) is 33.0. The molecule has 5 atom stereocenters. The molecule has 0 spiro atoms. The van der Waals surface area contributed by atoms with Crippen molar-refractivity contribution in [2.75, 3.05) is 19.3 Å². The number of fused-ring (bicyclic) bond motifs is 1. The van der Waals surface area contributed by atoms with Gasteiger partial charge in [0, 0.05) is 31.2 Å². The number of likely N-dealkylation sites (tertiary alicyclic amines) is 2. The summed E-state index contributed by atoms with van der Waals surface area (Å²) in [5, 5.41) is 0. The third-order valence-corrected chi connectivity index (χ3v) is 7.83. The van der Waals surface area contributed by atoms with Crippen LogP contribution in [0.2, 0.25) is 0 Å². The largest absolute Gasteiger partial charge is 0.333 e. The molecule has 0 bridgehead atoms. The zero-order chi connectivity index (χ0) is 20.8. The van der Waals surface area contributed by atoms with Crippen LogP contribution in [0.15, 0.2) is 12.2 Å². The molecule has 3 saturated heterocycles. The third-order valence-electron chi connectivity index (χ3n) is 6.66. The number of sulfonamides is 1. The van der Waals surface area contributed by atoms with Gasteiger partial charge in [-0.3, -0.25) is 14.5 Å². The molecule has 3 heterocycles. The van der Waals surface area contributed by atoms with Gasteiger partial charge in [0.25, 0.3) is 0 Å². The van der Waals surface area contributed by atoms with Crippen LogP contribution in [-0.4, -0.2) is 77.8 Å². The van der Waals surface area contributed by atoms with E-state index in [-0.39, 0.29) is 36.2 Å². The Kier molecular flexibility index (Phi) is 7.44. The van der Waals surface area contributed by atoms with Crippen molar-refractivity contribution in [3.63, 3.8) is 0 Å². The molecule has 3 fully saturated rings. The van der Waals surface area contributed by atoms with Crippen molar-refractivity contribution in [2.45, 2.75) is 71.1 Å². The summed E-state index contributed by atoms with van der Waals surface area (Å²) in [5.74, 6) is -0.997. The van der Waals surface area contributed by atoms with Gasteiger partial charge in [0.1, 0.15) is 0 Å². The van der Waals surface area contributed by atoms with Gasteiger partial charge in [0.05, 0.1) is 24.3 Å². The number of halogens is 1. The first-order valence-corrected chi connectivity index (χ1v) is 12.1. The summed E-state index contributed by atoms with van der Waals surface area (Å²) in [5.41, 5.74) is 0. The number of carbonyl (C=O) groups excluding carboxylic acids is 2. The number of carbonyl (C=O) groups is 2. The van der Waals surface area contributed by atoms with E-state index in [9.17, 15) is 18.0 Å². The van der Waals surface area contributed by atoms with Crippen LogP contribution in [0.4, 0.5) is 0 Å². The Balaban J connectivity index is 0.00000300. The average molecular weight is 448 g/mol. The molecule has 0 aliphatic carbocycles. The van der Waals surface area contributed by atoms with Crippen LogP contribution in [0, 0.1) is 11.8 Å². The van der Waals surface area contributed by atoms with Crippen molar-refractivity contribution in [3.05, 3.63) is 12.2 Å². The van der Waals surface area contributed by atoms with Crippen LogP contribution >= 0.6 is 12.4 Å². The molecule has 29 heavy (non-hydrogen) atoms. The smallest absolute Gasteiger partial charge is 0.246 e. The fourth-order valence-corrected chi connectivity index (χ4v) is 6.44. The second-order valence-corrected chi connectivity index (χ2v) is 10.8. The van der Waals surface area contributed by atoms with Crippen molar-refractivity contribution < 1.29 is 18.0 Å². The molecule has 3 aliphatic rings. The summed E-state index contributed by atoms with van der Waals surface area (Å²) in [6.07, 6.45) is 7.45. The van der Waals surface area contributed by atoms with Gasteiger partial charge in [-0.2, -0.15) is 0 Å². The van der Waals surface area contributed by atoms with E-state index >= 15 is 0 Å². The van der Waals surface area contributed by atoms with E-state index in [2.05, 4.69) is 18.7 Å². The van der Waals surface area contributed by atoms with Crippen molar-refractivity contribution >= 4 is 34.2 Å². The summed E-state index contributed by atoms with van der Waals surface area (Å²) in [4.78, 5) is 29.8. The first-order valence-electron chi connectivity index (χ1n) is 10.3. The van der Waals surface area contributed by atoms with Crippen LogP contribution in [0.5, 0.6) is 0 Å². The fourth-order valence-electron chi connectivity index (χ4n) is 5.27. The summed E-state index contributed by atoms with van der Waals surface area (Å²) in [7, 11) is -3.64. The van der Waals surface area contributed by atoms with E-state index in [4.69, 9.17) is 0 Å². The number of rotatable bonds is 5. The maximum absolute atomic E-state index is 12.9. The van der Waals surface area contributed by atoms with Gasteiger partial charge in [-0.05, 0) is 39.0 Å². The molecule has 9 heteroatoms. The molecule has 0 aromatic heterocycles. The first kappa shape index (κ1) is 24.2. The lowest BCUT2D eigenvalue weighted by molar-refractivity contribution is -0.131. The van der Waals surface area contributed by atoms with E-state index in [1.807, 2.05) is 19.9 Å². The number of amides is 2. The van der Waals surface area contributed by atoms with E-state index in [1.165, 1.54) is 12.8 Å². The minimum Gasteiger partial charge on any atom is -0.333 e. The Morgan fingerprint density at radius 1 is 1.17 bits per heavy atom. The SMILES string of the molecule is CC(C)[C@H]1C(=O)N(S(C)(=O)=O)[C@H]2CCN(C(=O)/C=C/CN3C(C)CCC3C)[C@H]12.Cl. The zero-order valence-corrected chi connectivity index (χ0v) is 19.6. The highest BCUT2D eigenvalue weighted by atomic mass is 35.5. The molecule has 3 aliphatic heterocycles. The summed E-state index contributed by atoms with van der Waals surface area (Å²) < 4.78 is 25.4. The van der Waals surface area contributed by atoms with E-state index in [1.54, 1.807) is 11.0 Å². The third kappa shape index (κ3) is 4.49. The molecular weight excluding hydrogens is 414 g/mol. The van der Waals surface area contributed by atoms with E-state index in [0.29, 0.717) is 25.0 Å². The van der Waals surface area contributed by atoms with Crippen molar-refractivity contribution in [3.8, 4) is 0 Å². The van der Waals surface area contributed by atoms with Crippen LogP contribution in [-0.2, 0) is 19.6 Å². The van der Waals surface area contributed by atoms with Gasteiger partial charge in [-0.15, -0.1) is 12.4 Å². The van der Waals surface area contributed by atoms with Gasteiger partial charge in [0.2, 0.25) is 21.8 Å². The lowest BCUT2D eigenvalue weighted by atomic mass is 9.88.